The average molecular weight is 364 g/mol. The smallest absolute Gasteiger partial charge is 0.226 e. The van der Waals surface area contributed by atoms with Crippen molar-refractivity contribution in [1.82, 2.24) is 4.90 Å². The van der Waals surface area contributed by atoms with E-state index in [1.165, 1.54) is 6.42 Å². The molecule has 0 spiro atoms. The lowest BCUT2D eigenvalue weighted by molar-refractivity contribution is -0.136. The fourth-order valence-corrected chi connectivity index (χ4v) is 3.82. The van der Waals surface area contributed by atoms with Crippen LogP contribution in [-0.2, 0) is 4.79 Å². The van der Waals surface area contributed by atoms with Gasteiger partial charge in [0.05, 0.1) is 10.0 Å². The molecule has 1 amide bonds. The summed E-state index contributed by atoms with van der Waals surface area (Å²) >= 11 is 12.3. The summed E-state index contributed by atoms with van der Waals surface area (Å²) in [6, 6.07) is 5.86. The maximum atomic E-state index is 12.7. The van der Waals surface area contributed by atoms with E-state index in [1.54, 1.807) is 6.07 Å². The Morgan fingerprint density at radius 1 is 1.32 bits per heavy atom. The van der Waals surface area contributed by atoms with Crippen molar-refractivity contribution in [1.29, 1.82) is 0 Å². The first kappa shape index (κ1) is 17.9. The van der Waals surface area contributed by atoms with Gasteiger partial charge in [0.25, 0.3) is 0 Å². The molecule has 3 unspecified atom stereocenters. The van der Waals surface area contributed by atoms with E-state index in [2.05, 4.69) is 0 Å². The molecule has 1 saturated heterocycles. The van der Waals surface area contributed by atoms with Crippen LogP contribution >= 0.6 is 35.6 Å². The molecule has 3 atom stereocenters. The molecule has 2 aliphatic rings. The number of nitrogens with two attached hydrogens (primary N) is 1. The molecular formula is C16H21Cl3N2O. The maximum Gasteiger partial charge on any atom is 0.226 e. The van der Waals surface area contributed by atoms with Crippen molar-refractivity contribution in [2.24, 2.45) is 11.7 Å². The van der Waals surface area contributed by atoms with Gasteiger partial charge >= 0.3 is 0 Å². The number of halogens is 3. The summed E-state index contributed by atoms with van der Waals surface area (Å²) in [6.45, 7) is 1.40. The van der Waals surface area contributed by atoms with Gasteiger partial charge in [0.1, 0.15) is 0 Å². The van der Waals surface area contributed by atoms with Crippen LogP contribution in [0.15, 0.2) is 18.2 Å². The fraction of sp³-hybridized carbons (Fsp3) is 0.562. The Kier molecular flexibility index (Phi) is 6.00. The van der Waals surface area contributed by atoms with Crippen LogP contribution in [0.4, 0.5) is 0 Å². The van der Waals surface area contributed by atoms with Gasteiger partial charge in [0.2, 0.25) is 5.91 Å². The number of hydrogen-bond donors (Lipinski definition) is 1. The van der Waals surface area contributed by atoms with E-state index in [4.69, 9.17) is 28.9 Å². The average Bonchev–Trinajstić information content (AvgIpc) is 3.29. The number of benzene rings is 1. The standard InChI is InChI=1S/C16H20Cl2N2O.ClH/c17-14-6-3-5-11(15(14)18)12-8-13(12)16(21)20-7-2-1-4-10(20)9-19;/h3,5-6,10,12-13H,1-2,4,7-9,19H2;1H. The van der Waals surface area contributed by atoms with Gasteiger partial charge < -0.3 is 10.6 Å². The number of nitrogens with zero attached hydrogens (tertiary/aromatic N) is 1. The van der Waals surface area contributed by atoms with E-state index in [0.29, 0.717) is 16.6 Å². The van der Waals surface area contributed by atoms with Crippen molar-refractivity contribution in [2.45, 2.75) is 37.6 Å². The minimum Gasteiger partial charge on any atom is -0.338 e. The van der Waals surface area contributed by atoms with Gasteiger partial charge in [-0.2, -0.15) is 0 Å². The number of likely N-dealkylation sites (tertiary alicyclic amines) is 1. The van der Waals surface area contributed by atoms with E-state index in [0.717, 1.165) is 31.4 Å². The molecule has 1 aliphatic carbocycles. The molecule has 1 aliphatic heterocycles. The lowest BCUT2D eigenvalue weighted by Crippen LogP contribution is -2.48. The Bertz CT molecular complexity index is 552. The summed E-state index contributed by atoms with van der Waals surface area (Å²) in [5, 5.41) is 1.15. The highest BCUT2D eigenvalue weighted by Crippen LogP contribution is 2.51. The van der Waals surface area contributed by atoms with Gasteiger partial charge in [-0.1, -0.05) is 35.3 Å². The second-order valence-corrected chi connectivity index (χ2v) is 6.79. The van der Waals surface area contributed by atoms with E-state index >= 15 is 0 Å². The summed E-state index contributed by atoms with van der Waals surface area (Å²) < 4.78 is 0. The van der Waals surface area contributed by atoms with E-state index < -0.39 is 0 Å². The molecule has 22 heavy (non-hydrogen) atoms. The highest BCUT2D eigenvalue weighted by Gasteiger charge is 2.47. The molecule has 122 valence electrons. The zero-order chi connectivity index (χ0) is 15.0. The summed E-state index contributed by atoms with van der Waals surface area (Å²) in [4.78, 5) is 14.7. The predicted molar refractivity (Wildman–Crippen MR) is 93.0 cm³/mol. The Hall–Kier alpha value is -0.480. The van der Waals surface area contributed by atoms with Crippen LogP contribution in [0.3, 0.4) is 0 Å². The van der Waals surface area contributed by atoms with Crippen molar-refractivity contribution in [3.05, 3.63) is 33.8 Å². The first-order valence-electron chi connectivity index (χ1n) is 7.58. The summed E-state index contributed by atoms with van der Waals surface area (Å²) in [7, 11) is 0. The fourth-order valence-electron chi connectivity index (χ4n) is 3.37. The second-order valence-electron chi connectivity index (χ2n) is 6.01. The van der Waals surface area contributed by atoms with Crippen LogP contribution in [0.5, 0.6) is 0 Å². The number of hydrogen-bond acceptors (Lipinski definition) is 2. The van der Waals surface area contributed by atoms with E-state index in [-0.39, 0.29) is 36.2 Å². The third-order valence-electron chi connectivity index (χ3n) is 4.67. The quantitative estimate of drug-likeness (QED) is 0.886. The van der Waals surface area contributed by atoms with Gasteiger partial charge in [-0.3, -0.25) is 4.79 Å². The van der Waals surface area contributed by atoms with E-state index in [9.17, 15) is 4.79 Å². The van der Waals surface area contributed by atoms with Crippen molar-refractivity contribution < 1.29 is 4.79 Å². The van der Waals surface area contributed by atoms with Gasteiger partial charge in [-0.25, -0.2) is 0 Å². The largest absolute Gasteiger partial charge is 0.338 e. The summed E-state index contributed by atoms with van der Waals surface area (Å²) in [6.07, 6.45) is 4.14. The zero-order valence-corrected chi connectivity index (χ0v) is 14.6. The highest BCUT2D eigenvalue weighted by molar-refractivity contribution is 6.42. The lowest BCUT2D eigenvalue weighted by Gasteiger charge is -2.35. The minimum atomic E-state index is 0. The number of rotatable bonds is 3. The van der Waals surface area contributed by atoms with Crippen LogP contribution in [0.25, 0.3) is 0 Å². The third kappa shape index (κ3) is 3.38. The van der Waals surface area contributed by atoms with Crippen LogP contribution in [0, 0.1) is 5.92 Å². The molecule has 6 heteroatoms. The molecule has 2 fully saturated rings. The highest BCUT2D eigenvalue weighted by atomic mass is 35.5. The maximum absolute atomic E-state index is 12.7. The molecule has 1 aromatic carbocycles. The van der Waals surface area contributed by atoms with Gasteiger partial charge in [0.15, 0.2) is 0 Å². The molecular weight excluding hydrogens is 343 g/mol. The first-order valence-corrected chi connectivity index (χ1v) is 8.33. The predicted octanol–water partition coefficient (Wildman–Crippen LogP) is 3.86. The van der Waals surface area contributed by atoms with Gasteiger partial charge in [0, 0.05) is 25.0 Å². The van der Waals surface area contributed by atoms with E-state index in [1.807, 2.05) is 17.0 Å². The first-order chi connectivity index (χ1) is 10.1. The second kappa shape index (κ2) is 7.39. The van der Waals surface area contributed by atoms with Crippen LogP contribution in [0.2, 0.25) is 10.0 Å². The molecule has 3 rings (SSSR count). The summed E-state index contributed by atoms with van der Waals surface area (Å²) in [5.74, 6) is 0.503. The van der Waals surface area contributed by atoms with Crippen molar-refractivity contribution in [3.8, 4) is 0 Å². The Morgan fingerprint density at radius 2 is 2.09 bits per heavy atom. The van der Waals surface area contributed by atoms with Crippen molar-refractivity contribution in [2.75, 3.05) is 13.1 Å². The van der Waals surface area contributed by atoms with Crippen LogP contribution < -0.4 is 5.73 Å². The molecule has 1 saturated carbocycles. The molecule has 1 heterocycles. The molecule has 0 radical (unpaired) electrons. The number of amides is 1. The molecule has 0 aromatic heterocycles. The zero-order valence-electron chi connectivity index (χ0n) is 12.3. The van der Waals surface area contributed by atoms with Crippen LogP contribution in [-0.4, -0.2) is 29.9 Å². The topological polar surface area (TPSA) is 46.3 Å². The normalized spacial score (nSPS) is 27.2. The lowest BCUT2D eigenvalue weighted by atomic mass is 10.0. The van der Waals surface area contributed by atoms with Crippen LogP contribution in [0.1, 0.15) is 37.2 Å². The summed E-state index contributed by atoms with van der Waals surface area (Å²) in [5.41, 5.74) is 6.81. The Balaban J connectivity index is 0.00000176. The van der Waals surface area contributed by atoms with Crippen molar-refractivity contribution >= 4 is 41.5 Å². The van der Waals surface area contributed by atoms with Gasteiger partial charge in [-0.15, -0.1) is 12.4 Å². The monoisotopic (exact) mass is 362 g/mol. The number of piperidine rings is 1. The number of carbonyl (C=O) groups is 1. The Labute approximate surface area is 147 Å². The molecule has 0 bridgehead atoms. The van der Waals surface area contributed by atoms with Gasteiger partial charge in [-0.05, 0) is 43.2 Å². The SMILES string of the molecule is Cl.NCC1CCCCN1C(=O)C1CC1c1cccc(Cl)c1Cl. The molecule has 2 N–H and O–H groups in total. The molecule has 1 aromatic rings. The third-order valence-corrected chi connectivity index (χ3v) is 5.50. The van der Waals surface area contributed by atoms with Crippen molar-refractivity contribution in [3.63, 3.8) is 0 Å². The Morgan fingerprint density at radius 3 is 2.82 bits per heavy atom. The molecule has 3 nitrogen and oxygen atoms in total. The minimum absolute atomic E-state index is 0. The number of carbonyl (C=O) groups excluding carboxylic acids is 1.